The second-order valence-electron chi connectivity index (χ2n) is 0.469. The van der Waals surface area contributed by atoms with Crippen LogP contribution >= 0.6 is 7.82 Å². The van der Waals surface area contributed by atoms with Crippen LogP contribution in [-0.4, -0.2) is 13.3 Å². The van der Waals surface area contributed by atoms with Gasteiger partial charge in [0.25, 0.3) is 0 Å². The van der Waals surface area contributed by atoms with E-state index in [-0.39, 0.29) is 48.2 Å². The molecule has 0 aromatic carbocycles. The van der Waals surface area contributed by atoms with Gasteiger partial charge in [0.2, 0.25) is 0 Å². The summed E-state index contributed by atoms with van der Waals surface area (Å²) in [6, 6.07) is 0. The Balaban J connectivity index is -0.0000000133. The standard InChI is InChI=1S/BH3.Li.H3O4P.Zn/c;;1-5(2,3)4;/h1H3;;(H3,1,2,3,4);/q;+1;;/p-1. The Morgan fingerprint density at radius 2 is 1.50 bits per heavy atom. The van der Waals surface area contributed by atoms with Gasteiger partial charge in [0.05, 0.1) is 16.2 Å². The maximum atomic E-state index is 8.66. The Morgan fingerprint density at radius 1 is 1.50 bits per heavy atom. The van der Waals surface area contributed by atoms with Crippen molar-refractivity contribution in [1.82, 2.24) is 0 Å². The van der Waals surface area contributed by atoms with E-state index in [9.17, 15) is 0 Å². The molecule has 1 N–H and O–H groups in total. The van der Waals surface area contributed by atoms with Gasteiger partial charge < -0.3 is 19.2 Å². The molecule has 8 heteroatoms. The van der Waals surface area contributed by atoms with Crippen LogP contribution in [0.25, 0.3) is 0 Å². The third-order valence-corrected chi connectivity index (χ3v) is 0. The van der Waals surface area contributed by atoms with Gasteiger partial charge in [0.1, 0.15) is 0 Å². The predicted molar refractivity (Wildman–Crippen MR) is 20.9 cm³/mol. The Bertz CT molecular complexity index is 66.7. The molecule has 0 atom stereocenters. The Morgan fingerprint density at radius 3 is 1.50 bits per heavy atom. The third-order valence-electron chi connectivity index (χ3n) is 0. The average Bonchev–Trinajstić information content (AvgIpc) is 0.722. The van der Waals surface area contributed by atoms with E-state index >= 15 is 0 Å². The molecule has 0 aliphatic carbocycles. The van der Waals surface area contributed by atoms with Crippen molar-refractivity contribution in [1.29, 1.82) is 0 Å². The van der Waals surface area contributed by atoms with Crippen LogP contribution in [0, 0.1) is 0 Å². The fourth-order valence-electron chi connectivity index (χ4n) is 0. The summed E-state index contributed by atoms with van der Waals surface area (Å²) >= 11 is 0. The van der Waals surface area contributed by atoms with Gasteiger partial charge in [0.15, 0.2) is 0 Å². The summed E-state index contributed by atoms with van der Waals surface area (Å²) in [4.78, 5) is 24.3. The van der Waals surface area contributed by atoms with Gasteiger partial charge >= 0.3 is 20.3 Å². The summed E-state index contributed by atoms with van der Waals surface area (Å²) in [5.74, 6) is 0. The Hall–Kier alpha value is 1.40. The van der Waals surface area contributed by atoms with Gasteiger partial charge in [-0.15, -0.1) is 0 Å². The number of hydrogen-bond acceptors (Lipinski definition) is 3. The summed E-state index contributed by atoms with van der Waals surface area (Å²) in [6.07, 6.45) is 0. The maximum Gasteiger partial charge on any atom is 1.00 e. The molecule has 0 aromatic heterocycles. The van der Waals surface area contributed by atoms with E-state index in [2.05, 4.69) is 0 Å². The Kier molecular flexibility index (Phi) is 23.9. The summed E-state index contributed by atoms with van der Waals surface area (Å²) in [7, 11) is -5.14. The smallest absolute Gasteiger partial charge is 0.790 e. The van der Waals surface area contributed by atoms with Crippen molar-refractivity contribution in [2.45, 2.75) is 0 Å². The van der Waals surface area contributed by atoms with Crippen LogP contribution in [-0.2, 0) is 24.0 Å². The zero-order valence-electron chi connectivity index (χ0n) is 4.83. The van der Waals surface area contributed by atoms with Crippen molar-refractivity contribution >= 4 is 16.2 Å². The molecule has 0 rings (SSSR count). The van der Waals surface area contributed by atoms with Gasteiger partial charge in [-0.05, 0) is 0 Å². The molecule has 0 aliphatic rings. The first-order valence-corrected chi connectivity index (χ1v) is 2.24. The molecular weight excluding hydrogens is 178 g/mol. The molecule has 0 aromatic rings. The normalized spacial score (nSPS) is 7.38. The first-order chi connectivity index (χ1) is 2.00. The monoisotopic (exact) mass is 182 g/mol. The van der Waals surface area contributed by atoms with Crippen molar-refractivity contribution in [3.63, 3.8) is 0 Å². The number of rotatable bonds is 0. The first kappa shape index (κ1) is 22.7. The molecule has 0 fully saturated rings. The van der Waals surface area contributed by atoms with Gasteiger partial charge in [-0.1, -0.05) is 0 Å². The van der Waals surface area contributed by atoms with Gasteiger partial charge in [-0.25, -0.2) is 0 Å². The molecule has 0 radical (unpaired) electrons. The van der Waals surface area contributed by atoms with Crippen molar-refractivity contribution in [2.24, 2.45) is 0 Å². The Labute approximate surface area is 75.3 Å². The van der Waals surface area contributed by atoms with Crippen LogP contribution in [0.3, 0.4) is 0 Å². The van der Waals surface area contributed by atoms with E-state index in [0.29, 0.717) is 0 Å². The fraction of sp³-hybridized carbons (Fsp3) is 0. The molecule has 0 amide bonds. The maximum absolute atomic E-state index is 8.66. The van der Waals surface area contributed by atoms with E-state index in [1.54, 1.807) is 0 Å². The van der Waals surface area contributed by atoms with Crippen LogP contribution in [0.2, 0.25) is 0 Å². The minimum atomic E-state index is -5.14. The minimum Gasteiger partial charge on any atom is -0.790 e. The minimum absolute atomic E-state index is 0. The van der Waals surface area contributed by atoms with E-state index in [1.165, 1.54) is 0 Å². The van der Waals surface area contributed by atoms with Crippen molar-refractivity contribution in [3.05, 3.63) is 0 Å². The largest absolute Gasteiger partial charge is 1.00 e. The van der Waals surface area contributed by atoms with Crippen LogP contribution in [0.4, 0.5) is 0 Å². The molecule has 4 nitrogen and oxygen atoms in total. The van der Waals surface area contributed by atoms with E-state index in [1.807, 2.05) is 0 Å². The molecule has 0 heterocycles. The van der Waals surface area contributed by atoms with E-state index in [0.717, 1.165) is 0 Å². The molecule has 0 bridgehead atoms. The van der Waals surface area contributed by atoms with E-state index < -0.39 is 7.82 Å². The van der Waals surface area contributed by atoms with Crippen LogP contribution in [0.15, 0.2) is 0 Å². The van der Waals surface area contributed by atoms with Gasteiger partial charge in [-0.2, -0.15) is 0 Å². The molecule has 0 saturated heterocycles. The molecular formula is H5BLiO4PZn. The number of hydrogen-bond donors (Lipinski definition) is 1. The van der Waals surface area contributed by atoms with Crippen molar-refractivity contribution < 1.29 is 59.0 Å². The van der Waals surface area contributed by atoms with Gasteiger partial charge in [-0.3, -0.25) is 0 Å². The second-order valence-corrected chi connectivity index (χ2v) is 1.41. The SMILES string of the molecule is B.O=P([O-])([O-])O.[H+].[Li+].[Zn]. The fourth-order valence-corrected chi connectivity index (χ4v) is 0. The van der Waals surface area contributed by atoms with Gasteiger partial charge in [0, 0.05) is 19.5 Å². The quantitative estimate of drug-likeness (QED) is 0.299. The molecule has 0 saturated carbocycles. The zero-order valence-corrected chi connectivity index (χ0v) is 7.69. The molecule has 8 heavy (non-hydrogen) atoms. The van der Waals surface area contributed by atoms with Crippen molar-refractivity contribution in [2.75, 3.05) is 0 Å². The molecule has 0 unspecified atom stereocenters. The third kappa shape index (κ3) is 155. The molecule has 0 aliphatic heterocycles. The summed E-state index contributed by atoms with van der Waals surface area (Å²) in [5, 5.41) is 0. The van der Waals surface area contributed by atoms with Crippen LogP contribution in [0.5, 0.6) is 0 Å². The second kappa shape index (κ2) is 8.40. The molecule has 0 spiro atoms. The van der Waals surface area contributed by atoms with Crippen molar-refractivity contribution in [3.8, 4) is 0 Å². The summed E-state index contributed by atoms with van der Waals surface area (Å²) in [5.41, 5.74) is 0. The zero-order chi connectivity index (χ0) is 4.50. The van der Waals surface area contributed by atoms with Crippen LogP contribution < -0.4 is 28.6 Å². The molecule has 40 valence electrons. The predicted octanol–water partition coefficient (Wildman–Crippen LogP) is -6.26. The van der Waals surface area contributed by atoms with E-state index in [4.69, 9.17) is 19.2 Å². The number of phosphoric acid groups is 1. The average molecular weight is 183 g/mol. The first-order valence-electron chi connectivity index (χ1n) is 0.748. The summed E-state index contributed by atoms with van der Waals surface area (Å²) < 4.78 is 8.66. The summed E-state index contributed by atoms with van der Waals surface area (Å²) in [6.45, 7) is 0. The van der Waals surface area contributed by atoms with Crippen LogP contribution in [0.1, 0.15) is 1.43 Å². The topological polar surface area (TPSA) is 83.4 Å².